The Bertz CT molecular complexity index is 1480. The van der Waals surface area contributed by atoms with Gasteiger partial charge in [0.05, 0.1) is 17.9 Å². The number of hydrogen-bond acceptors (Lipinski definition) is 5. The fourth-order valence-electron chi connectivity index (χ4n) is 5.65. The molecule has 0 bridgehead atoms. The number of hydrogen-bond donors (Lipinski definition) is 1. The van der Waals surface area contributed by atoms with E-state index in [0.717, 1.165) is 41.9 Å². The topological polar surface area (TPSA) is 87.5 Å². The third-order valence-corrected chi connectivity index (χ3v) is 8.89. The van der Waals surface area contributed by atoms with E-state index in [2.05, 4.69) is 33.1 Å². The van der Waals surface area contributed by atoms with Crippen LogP contribution in [0.2, 0.25) is 0 Å². The summed E-state index contributed by atoms with van der Waals surface area (Å²) >= 11 is 3.51. The number of benzene rings is 2. The molecular formula is C30H34BrN5O3. The van der Waals surface area contributed by atoms with Gasteiger partial charge in [0.1, 0.15) is 5.82 Å². The minimum Gasteiger partial charge on any atom is -0.355 e. The molecule has 1 fully saturated rings. The highest BCUT2D eigenvalue weighted by atomic mass is 79.9. The summed E-state index contributed by atoms with van der Waals surface area (Å²) in [6, 6.07) is 12.6. The number of halogens is 1. The van der Waals surface area contributed by atoms with Crippen molar-refractivity contribution in [3.63, 3.8) is 0 Å². The summed E-state index contributed by atoms with van der Waals surface area (Å²) < 4.78 is 2.70. The van der Waals surface area contributed by atoms with Crippen LogP contribution in [-0.2, 0) is 13.0 Å². The highest BCUT2D eigenvalue weighted by Crippen LogP contribution is 2.30. The number of amides is 2. The second-order valence-electron chi connectivity index (χ2n) is 10.5. The summed E-state index contributed by atoms with van der Waals surface area (Å²) in [6.45, 7) is 9.12. The van der Waals surface area contributed by atoms with E-state index in [1.165, 1.54) is 0 Å². The number of nitrogens with one attached hydrogen (secondary N) is 1. The van der Waals surface area contributed by atoms with Crippen molar-refractivity contribution in [1.29, 1.82) is 0 Å². The zero-order valence-electron chi connectivity index (χ0n) is 22.8. The third kappa shape index (κ3) is 5.17. The molecule has 2 unspecified atom stereocenters. The van der Waals surface area contributed by atoms with Gasteiger partial charge in [-0.1, -0.05) is 22.9 Å². The Hall–Kier alpha value is -3.30. The van der Waals surface area contributed by atoms with Crippen molar-refractivity contribution in [3.05, 3.63) is 91.1 Å². The van der Waals surface area contributed by atoms with Crippen LogP contribution in [0.3, 0.4) is 0 Å². The van der Waals surface area contributed by atoms with Gasteiger partial charge < -0.3 is 15.1 Å². The van der Waals surface area contributed by atoms with E-state index in [9.17, 15) is 14.4 Å². The number of aryl methyl sites for hydroxylation is 1. The molecule has 2 aliphatic heterocycles. The number of likely N-dealkylation sites (N-methyl/N-ethyl adjacent to an activating group) is 1. The number of nitrogens with zero attached hydrogens (tertiary/aromatic N) is 4. The molecule has 0 spiro atoms. The summed E-state index contributed by atoms with van der Waals surface area (Å²) in [5.41, 5.74) is 4.11. The zero-order chi connectivity index (χ0) is 27.8. The van der Waals surface area contributed by atoms with Gasteiger partial charge in [-0.15, -0.1) is 0 Å². The average Bonchev–Trinajstić information content (AvgIpc) is 3.43. The maximum atomic E-state index is 14.1. The van der Waals surface area contributed by atoms with Crippen LogP contribution in [0.1, 0.15) is 69.5 Å². The Balaban J connectivity index is 1.57. The molecule has 39 heavy (non-hydrogen) atoms. The average molecular weight is 593 g/mol. The lowest BCUT2D eigenvalue weighted by Crippen LogP contribution is -2.46. The van der Waals surface area contributed by atoms with Crippen LogP contribution < -0.4 is 10.9 Å². The zero-order valence-corrected chi connectivity index (χ0v) is 24.4. The van der Waals surface area contributed by atoms with E-state index in [1.807, 2.05) is 49.1 Å². The number of fused-ring (bicyclic) bond motifs is 1. The molecule has 1 N–H and O–H groups in total. The maximum absolute atomic E-state index is 14.1. The second kappa shape index (κ2) is 11.1. The van der Waals surface area contributed by atoms with Gasteiger partial charge in [-0.2, -0.15) is 0 Å². The molecule has 3 aromatic rings. The van der Waals surface area contributed by atoms with Crippen LogP contribution >= 0.6 is 15.9 Å². The summed E-state index contributed by atoms with van der Waals surface area (Å²) in [5.74, 6) is 0.591. The van der Waals surface area contributed by atoms with Crippen molar-refractivity contribution >= 4 is 27.7 Å². The van der Waals surface area contributed by atoms with Crippen molar-refractivity contribution in [2.75, 3.05) is 26.7 Å². The standard InChI is InChI=1S/C30H34BrN5O3/c1-5-34-13-12-22(16-34)27-33-26-17-35(29(38)21-8-11-25(31)18(2)14-21)19(3)15-24(26)30(39)36(27)23-9-6-20(7-10-23)28(37)32-4/h6-11,14,19,22H,5,12-13,15-17H2,1-4H3,(H,32,37). The molecule has 0 aliphatic carbocycles. The van der Waals surface area contributed by atoms with E-state index in [-0.39, 0.29) is 29.3 Å². The molecule has 2 amide bonds. The van der Waals surface area contributed by atoms with Crippen molar-refractivity contribution < 1.29 is 9.59 Å². The molecule has 1 saturated heterocycles. The van der Waals surface area contributed by atoms with Gasteiger partial charge in [-0.3, -0.25) is 19.0 Å². The van der Waals surface area contributed by atoms with Crippen molar-refractivity contribution in [2.45, 2.75) is 52.1 Å². The lowest BCUT2D eigenvalue weighted by molar-refractivity contribution is 0.0652. The minimum atomic E-state index is -0.174. The Morgan fingerprint density at radius 2 is 1.85 bits per heavy atom. The van der Waals surface area contributed by atoms with E-state index in [1.54, 1.807) is 23.7 Å². The van der Waals surface area contributed by atoms with Crippen molar-refractivity contribution in [1.82, 2.24) is 24.7 Å². The third-order valence-electron chi connectivity index (χ3n) is 8.01. The van der Waals surface area contributed by atoms with E-state index in [0.29, 0.717) is 41.0 Å². The first kappa shape index (κ1) is 27.3. The maximum Gasteiger partial charge on any atom is 0.261 e. The normalized spacial score (nSPS) is 19.2. The summed E-state index contributed by atoms with van der Waals surface area (Å²) in [6.07, 6.45) is 1.34. The molecule has 2 atom stereocenters. The molecule has 204 valence electrons. The smallest absolute Gasteiger partial charge is 0.261 e. The van der Waals surface area contributed by atoms with Crippen molar-refractivity contribution in [2.24, 2.45) is 0 Å². The Morgan fingerprint density at radius 3 is 2.49 bits per heavy atom. The monoisotopic (exact) mass is 591 g/mol. The number of likely N-dealkylation sites (tertiary alicyclic amines) is 1. The Kier molecular flexibility index (Phi) is 7.73. The van der Waals surface area contributed by atoms with Gasteiger partial charge in [-0.05, 0) is 87.8 Å². The molecule has 0 radical (unpaired) electrons. The Labute approximate surface area is 237 Å². The van der Waals surface area contributed by atoms with E-state index in [4.69, 9.17) is 4.98 Å². The first-order valence-corrected chi connectivity index (χ1v) is 14.3. The van der Waals surface area contributed by atoms with Gasteiger partial charge in [-0.25, -0.2) is 4.98 Å². The highest BCUT2D eigenvalue weighted by Gasteiger charge is 2.34. The van der Waals surface area contributed by atoms with Crippen LogP contribution in [-0.4, -0.2) is 63.9 Å². The van der Waals surface area contributed by atoms with Gasteiger partial charge in [0.15, 0.2) is 0 Å². The quantitative estimate of drug-likeness (QED) is 0.483. The molecule has 9 heteroatoms. The number of carbonyl (C=O) groups excluding carboxylic acids is 2. The van der Waals surface area contributed by atoms with Crippen LogP contribution in [0.15, 0.2) is 51.7 Å². The highest BCUT2D eigenvalue weighted by molar-refractivity contribution is 9.10. The van der Waals surface area contributed by atoms with Crippen LogP contribution in [0.5, 0.6) is 0 Å². The molecule has 2 aromatic carbocycles. The summed E-state index contributed by atoms with van der Waals surface area (Å²) in [5, 5.41) is 2.64. The fourth-order valence-corrected chi connectivity index (χ4v) is 5.90. The number of carbonyl (C=O) groups is 2. The van der Waals surface area contributed by atoms with Gasteiger partial charge in [0.2, 0.25) is 0 Å². The fraction of sp³-hybridized carbons (Fsp3) is 0.400. The molecule has 0 saturated carbocycles. The molecule has 2 aliphatic rings. The molecule has 1 aromatic heterocycles. The predicted molar refractivity (Wildman–Crippen MR) is 155 cm³/mol. The van der Waals surface area contributed by atoms with Crippen molar-refractivity contribution in [3.8, 4) is 5.69 Å². The lowest BCUT2D eigenvalue weighted by Gasteiger charge is -2.35. The van der Waals surface area contributed by atoms with Gasteiger partial charge in [0, 0.05) is 46.7 Å². The molecule has 3 heterocycles. The second-order valence-corrected chi connectivity index (χ2v) is 11.3. The summed E-state index contributed by atoms with van der Waals surface area (Å²) in [4.78, 5) is 49.1. The predicted octanol–water partition coefficient (Wildman–Crippen LogP) is 4.06. The molecular weight excluding hydrogens is 558 g/mol. The van der Waals surface area contributed by atoms with E-state index >= 15 is 0 Å². The minimum absolute atomic E-state index is 0.0564. The van der Waals surface area contributed by atoms with E-state index < -0.39 is 0 Å². The molecule has 8 nitrogen and oxygen atoms in total. The SMILES string of the molecule is CCN1CCC(c2nc3c(c(=O)n2-c2ccc(C(=O)NC)cc2)CC(C)N(C(=O)c2ccc(Br)c(C)c2)C3)C1. The largest absolute Gasteiger partial charge is 0.355 e. The molecule has 5 rings (SSSR count). The number of rotatable bonds is 5. The van der Waals surface area contributed by atoms with Gasteiger partial charge in [0.25, 0.3) is 17.4 Å². The number of aromatic nitrogens is 2. The van der Waals surface area contributed by atoms with Crippen LogP contribution in [0.25, 0.3) is 5.69 Å². The summed E-state index contributed by atoms with van der Waals surface area (Å²) in [7, 11) is 1.60. The first-order valence-electron chi connectivity index (χ1n) is 13.5. The van der Waals surface area contributed by atoms with Crippen LogP contribution in [0, 0.1) is 6.92 Å². The first-order chi connectivity index (χ1) is 18.7. The Morgan fingerprint density at radius 1 is 1.13 bits per heavy atom. The lowest BCUT2D eigenvalue weighted by atomic mass is 9.97. The van der Waals surface area contributed by atoms with Gasteiger partial charge >= 0.3 is 0 Å². The van der Waals surface area contributed by atoms with Crippen LogP contribution in [0.4, 0.5) is 0 Å².